The molecule has 0 aliphatic carbocycles. The lowest BCUT2D eigenvalue weighted by Gasteiger charge is -2.27. The third-order valence-corrected chi connectivity index (χ3v) is 4.81. The van der Waals surface area contributed by atoms with E-state index in [0.717, 1.165) is 0 Å². The molecule has 0 saturated carbocycles. The smallest absolute Gasteiger partial charge is 0.307 e. The first-order chi connectivity index (χ1) is 8.39. The van der Waals surface area contributed by atoms with Crippen LogP contribution in [0.2, 0.25) is 0 Å². The molecule has 1 atom stereocenters. The molecule has 6 nitrogen and oxygen atoms in total. The highest BCUT2D eigenvalue weighted by molar-refractivity contribution is 7.91. The Bertz CT molecular complexity index is 417. The number of sulfone groups is 1. The molecule has 1 rings (SSSR count). The van der Waals surface area contributed by atoms with Crippen LogP contribution in [-0.2, 0) is 24.2 Å². The third-order valence-electron chi connectivity index (χ3n) is 3.06. The molecule has 1 aliphatic rings. The van der Waals surface area contributed by atoms with Crippen molar-refractivity contribution in [2.75, 3.05) is 25.2 Å². The Morgan fingerprint density at radius 1 is 1.39 bits per heavy atom. The first-order valence-electron chi connectivity index (χ1n) is 5.96. The van der Waals surface area contributed by atoms with Gasteiger partial charge in [0.25, 0.3) is 0 Å². The van der Waals surface area contributed by atoms with Gasteiger partial charge in [-0.1, -0.05) is 6.92 Å². The number of rotatable bonds is 5. The predicted molar refractivity (Wildman–Crippen MR) is 65.7 cm³/mol. The van der Waals surface area contributed by atoms with Crippen LogP contribution in [0.3, 0.4) is 0 Å². The van der Waals surface area contributed by atoms with Crippen molar-refractivity contribution in [3.63, 3.8) is 0 Å². The van der Waals surface area contributed by atoms with Gasteiger partial charge in [0, 0.05) is 19.0 Å². The maximum absolute atomic E-state index is 11.8. The molecule has 18 heavy (non-hydrogen) atoms. The van der Waals surface area contributed by atoms with Crippen LogP contribution in [-0.4, -0.2) is 56.4 Å². The van der Waals surface area contributed by atoms with Gasteiger partial charge >= 0.3 is 5.97 Å². The molecule has 1 amide bonds. The number of ether oxygens (including phenoxy) is 1. The number of hydrogen-bond donors (Lipinski definition) is 0. The first-order valence-corrected chi connectivity index (χ1v) is 7.78. The van der Waals surface area contributed by atoms with Gasteiger partial charge in [0.05, 0.1) is 25.0 Å². The maximum Gasteiger partial charge on any atom is 0.307 e. The summed E-state index contributed by atoms with van der Waals surface area (Å²) >= 11 is 0. The lowest BCUT2D eigenvalue weighted by Crippen LogP contribution is -2.42. The van der Waals surface area contributed by atoms with Crippen molar-refractivity contribution in [3.05, 3.63) is 0 Å². The van der Waals surface area contributed by atoms with Gasteiger partial charge in [0.2, 0.25) is 5.91 Å². The van der Waals surface area contributed by atoms with Gasteiger partial charge < -0.3 is 9.64 Å². The van der Waals surface area contributed by atoms with E-state index in [1.165, 1.54) is 12.0 Å². The van der Waals surface area contributed by atoms with Gasteiger partial charge in [0.1, 0.15) is 0 Å². The fraction of sp³-hybridized carbons (Fsp3) is 0.818. The van der Waals surface area contributed by atoms with E-state index >= 15 is 0 Å². The topological polar surface area (TPSA) is 80.8 Å². The standard InChI is InChI=1S/C11H19NO5S/c1-3-10(13)12(6-4-11(14)17-2)9-5-7-18(15,16)8-9/h9H,3-8H2,1-2H3/t9-/m0/s1. The average molecular weight is 277 g/mol. The van der Waals surface area contributed by atoms with Crippen LogP contribution in [0.5, 0.6) is 0 Å². The number of esters is 1. The van der Waals surface area contributed by atoms with Gasteiger partial charge in [-0.05, 0) is 6.42 Å². The highest BCUT2D eigenvalue weighted by Gasteiger charge is 2.34. The lowest BCUT2D eigenvalue weighted by molar-refractivity contribution is -0.142. The van der Waals surface area contributed by atoms with Crippen LogP contribution in [0.4, 0.5) is 0 Å². The van der Waals surface area contributed by atoms with E-state index in [-0.39, 0.29) is 36.4 Å². The van der Waals surface area contributed by atoms with E-state index < -0.39 is 15.8 Å². The van der Waals surface area contributed by atoms with Crippen molar-refractivity contribution in [1.29, 1.82) is 0 Å². The molecule has 1 saturated heterocycles. The molecule has 0 spiro atoms. The van der Waals surface area contributed by atoms with Crippen molar-refractivity contribution in [2.45, 2.75) is 32.2 Å². The Balaban J connectivity index is 2.67. The Morgan fingerprint density at radius 3 is 2.50 bits per heavy atom. The summed E-state index contributed by atoms with van der Waals surface area (Å²) in [7, 11) is -1.75. The number of carbonyl (C=O) groups is 2. The minimum Gasteiger partial charge on any atom is -0.469 e. The summed E-state index contributed by atoms with van der Waals surface area (Å²) in [6, 6.07) is -0.299. The summed E-state index contributed by atoms with van der Waals surface area (Å²) in [5, 5.41) is 0. The zero-order valence-corrected chi connectivity index (χ0v) is 11.5. The zero-order chi connectivity index (χ0) is 13.8. The van der Waals surface area contributed by atoms with Crippen molar-refractivity contribution >= 4 is 21.7 Å². The van der Waals surface area contributed by atoms with Crippen LogP contribution in [0, 0.1) is 0 Å². The lowest BCUT2D eigenvalue weighted by atomic mass is 10.2. The molecule has 0 aromatic rings. The van der Waals surface area contributed by atoms with E-state index in [2.05, 4.69) is 4.74 Å². The van der Waals surface area contributed by atoms with Crippen LogP contribution in [0.25, 0.3) is 0 Å². The van der Waals surface area contributed by atoms with E-state index in [0.29, 0.717) is 12.8 Å². The minimum atomic E-state index is -3.04. The molecule has 7 heteroatoms. The molecule has 0 aromatic carbocycles. The summed E-state index contributed by atoms with van der Waals surface area (Å²) in [6.07, 6.45) is 0.853. The van der Waals surface area contributed by atoms with E-state index in [1.807, 2.05) is 0 Å². The van der Waals surface area contributed by atoms with Gasteiger partial charge in [-0.25, -0.2) is 8.42 Å². The van der Waals surface area contributed by atoms with Crippen molar-refractivity contribution in [3.8, 4) is 0 Å². The summed E-state index contributed by atoms with van der Waals surface area (Å²) in [5.41, 5.74) is 0. The fourth-order valence-corrected chi connectivity index (χ4v) is 3.78. The van der Waals surface area contributed by atoms with Gasteiger partial charge in [0.15, 0.2) is 9.84 Å². The highest BCUT2D eigenvalue weighted by Crippen LogP contribution is 2.19. The second kappa shape index (κ2) is 6.17. The highest BCUT2D eigenvalue weighted by atomic mass is 32.2. The number of carbonyl (C=O) groups excluding carboxylic acids is 2. The third kappa shape index (κ3) is 3.97. The fourth-order valence-electron chi connectivity index (χ4n) is 2.05. The van der Waals surface area contributed by atoms with Crippen LogP contribution < -0.4 is 0 Å². The summed E-state index contributed by atoms with van der Waals surface area (Å²) in [6.45, 7) is 1.94. The molecule has 0 radical (unpaired) electrons. The van der Waals surface area contributed by atoms with Crippen LogP contribution in [0.15, 0.2) is 0 Å². The Hall–Kier alpha value is -1.11. The van der Waals surface area contributed by atoms with Gasteiger partial charge in [-0.15, -0.1) is 0 Å². The molecule has 1 heterocycles. The second-order valence-corrected chi connectivity index (χ2v) is 6.55. The Kier molecular flexibility index (Phi) is 5.13. The molecule has 0 unspecified atom stereocenters. The van der Waals surface area contributed by atoms with Gasteiger partial charge in [-0.2, -0.15) is 0 Å². The molecule has 104 valence electrons. The van der Waals surface area contributed by atoms with Crippen LogP contribution in [0.1, 0.15) is 26.2 Å². The second-order valence-electron chi connectivity index (χ2n) is 4.32. The average Bonchev–Trinajstić information content (AvgIpc) is 2.69. The van der Waals surface area contributed by atoms with Crippen molar-refractivity contribution in [1.82, 2.24) is 4.90 Å². The molecule has 1 aliphatic heterocycles. The summed E-state index contributed by atoms with van der Waals surface area (Å²) < 4.78 is 27.4. The number of hydrogen-bond acceptors (Lipinski definition) is 5. The van der Waals surface area contributed by atoms with Crippen molar-refractivity contribution < 1.29 is 22.7 Å². The van der Waals surface area contributed by atoms with E-state index in [4.69, 9.17) is 0 Å². The number of amides is 1. The van der Waals surface area contributed by atoms with Crippen molar-refractivity contribution in [2.24, 2.45) is 0 Å². The predicted octanol–water partition coefficient (Wildman–Crippen LogP) is -0.0248. The Morgan fingerprint density at radius 2 is 2.06 bits per heavy atom. The molecule has 1 fully saturated rings. The quantitative estimate of drug-likeness (QED) is 0.659. The molecule has 0 N–H and O–H groups in total. The molecular formula is C11H19NO5S. The minimum absolute atomic E-state index is 0.0000867. The largest absolute Gasteiger partial charge is 0.469 e. The monoisotopic (exact) mass is 277 g/mol. The number of methoxy groups -OCH3 is 1. The molecule has 0 aromatic heterocycles. The van der Waals surface area contributed by atoms with Crippen LogP contribution >= 0.6 is 0 Å². The normalized spacial score (nSPS) is 21.6. The summed E-state index contributed by atoms with van der Waals surface area (Å²) in [5.74, 6) is -0.408. The summed E-state index contributed by atoms with van der Waals surface area (Å²) in [4.78, 5) is 24.4. The molecular weight excluding hydrogens is 258 g/mol. The van der Waals surface area contributed by atoms with E-state index in [9.17, 15) is 18.0 Å². The Labute approximate surface area is 107 Å². The van der Waals surface area contributed by atoms with E-state index in [1.54, 1.807) is 6.92 Å². The SMILES string of the molecule is CCC(=O)N(CCC(=O)OC)[C@H]1CCS(=O)(=O)C1. The zero-order valence-electron chi connectivity index (χ0n) is 10.7. The first kappa shape index (κ1) is 14.9. The molecule has 0 bridgehead atoms. The maximum atomic E-state index is 11.8. The van der Waals surface area contributed by atoms with Gasteiger partial charge in [-0.3, -0.25) is 9.59 Å². The number of nitrogens with zero attached hydrogens (tertiary/aromatic N) is 1.